The van der Waals surface area contributed by atoms with Crippen LogP contribution in [-0.4, -0.2) is 25.5 Å². The van der Waals surface area contributed by atoms with Crippen molar-refractivity contribution in [3.63, 3.8) is 0 Å². The van der Waals surface area contributed by atoms with Crippen LogP contribution in [-0.2, 0) is 0 Å². The minimum Gasteiger partial charge on any atom is -0.309 e. The molecular weight excluding hydrogens is 184 g/mol. The summed E-state index contributed by atoms with van der Waals surface area (Å²) in [6.45, 7) is 9.73. The van der Waals surface area contributed by atoms with Gasteiger partial charge in [-0.2, -0.15) is 5.26 Å². The van der Waals surface area contributed by atoms with Crippen molar-refractivity contribution in [1.82, 2.24) is 4.90 Å². The van der Waals surface area contributed by atoms with Gasteiger partial charge in [0, 0.05) is 0 Å². The first-order chi connectivity index (χ1) is 6.86. The number of rotatable bonds is 6. The average Bonchev–Trinajstić information content (AvgIpc) is 2.10. The fraction of sp³-hybridized carbons (Fsp3) is 0.923. The summed E-state index contributed by atoms with van der Waals surface area (Å²) in [5.74, 6) is 0.870. The second-order valence-corrected chi connectivity index (χ2v) is 5.37. The highest BCUT2D eigenvalue weighted by Crippen LogP contribution is 2.39. The standard InChI is InChI=1S/C13H26N2/c1-11(2)13(10-14,12(3)4)8-7-9-15(5)6/h11-12H,7-9H2,1-6H3. The molecule has 0 fully saturated rings. The molecular formula is C13H26N2. The SMILES string of the molecule is CC(C)C(C#N)(CCCN(C)C)C(C)C. The molecule has 2 nitrogen and oxygen atoms in total. The van der Waals surface area contributed by atoms with E-state index in [0.29, 0.717) is 11.8 Å². The molecule has 0 aromatic heterocycles. The average molecular weight is 210 g/mol. The molecule has 0 aromatic rings. The van der Waals surface area contributed by atoms with Gasteiger partial charge in [-0.1, -0.05) is 27.7 Å². The van der Waals surface area contributed by atoms with Crippen LogP contribution in [0.3, 0.4) is 0 Å². The maximum absolute atomic E-state index is 9.42. The van der Waals surface area contributed by atoms with Gasteiger partial charge < -0.3 is 4.90 Å². The third-order valence-corrected chi connectivity index (χ3v) is 3.46. The summed E-state index contributed by atoms with van der Waals surface area (Å²) >= 11 is 0. The van der Waals surface area contributed by atoms with Crippen molar-refractivity contribution >= 4 is 0 Å². The second kappa shape index (κ2) is 6.12. The molecule has 0 radical (unpaired) electrons. The first kappa shape index (κ1) is 14.5. The maximum atomic E-state index is 9.42. The van der Waals surface area contributed by atoms with Crippen LogP contribution in [0.5, 0.6) is 0 Å². The fourth-order valence-electron chi connectivity index (χ4n) is 2.25. The normalized spacial score (nSPS) is 12.5. The zero-order valence-corrected chi connectivity index (χ0v) is 11.2. The van der Waals surface area contributed by atoms with E-state index in [1.54, 1.807) is 0 Å². The molecule has 0 heterocycles. The van der Waals surface area contributed by atoms with Gasteiger partial charge in [0.05, 0.1) is 11.5 Å². The van der Waals surface area contributed by atoms with E-state index < -0.39 is 0 Å². The molecule has 0 rings (SSSR count). The van der Waals surface area contributed by atoms with E-state index in [-0.39, 0.29) is 5.41 Å². The van der Waals surface area contributed by atoms with Crippen LogP contribution in [0.4, 0.5) is 0 Å². The molecule has 15 heavy (non-hydrogen) atoms. The number of hydrogen-bond acceptors (Lipinski definition) is 2. The minimum atomic E-state index is -0.143. The predicted octanol–water partition coefficient (Wildman–Crippen LogP) is 3.15. The van der Waals surface area contributed by atoms with Crippen molar-refractivity contribution in [1.29, 1.82) is 5.26 Å². The first-order valence-electron chi connectivity index (χ1n) is 5.92. The van der Waals surface area contributed by atoms with E-state index in [1.807, 2.05) is 0 Å². The lowest BCUT2D eigenvalue weighted by Gasteiger charge is -2.35. The lowest BCUT2D eigenvalue weighted by Crippen LogP contribution is -2.32. The van der Waals surface area contributed by atoms with Gasteiger partial charge in [0.2, 0.25) is 0 Å². The molecule has 2 heteroatoms. The van der Waals surface area contributed by atoms with Crippen LogP contribution >= 0.6 is 0 Å². The van der Waals surface area contributed by atoms with E-state index >= 15 is 0 Å². The Hall–Kier alpha value is -0.550. The summed E-state index contributed by atoms with van der Waals surface area (Å²) in [5.41, 5.74) is -0.143. The lowest BCUT2D eigenvalue weighted by atomic mass is 9.67. The molecule has 0 aliphatic heterocycles. The Morgan fingerprint density at radius 2 is 1.60 bits per heavy atom. The van der Waals surface area contributed by atoms with Crippen molar-refractivity contribution < 1.29 is 0 Å². The van der Waals surface area contributed by atoms with Crippen LogP contribution in [0.15, 0.2) is 0 Å². The van der Waals surface area contributed by atoms with Gasteiger partial charge >= 0.3 is 0 Å². The topological polar surface area (TPSA) is 27.0 Å². The van der Waals surface area contributed by atoms with Crippen molar-refractivity contribution in [3.8, 4) is 6.07 Å². The Morgan fingerprint density at radius 1 is 1.13 bits per heavy atom. The Kier molecular flexibility index (Phi) is 5.90. The summed E-state index contributed by atoms with van der Waals surface area (Å²) in [4.78, 5) is 2.18. The largest absolute Gasteiger partial charge is 0.309 e. The van der Waals surface area contributed by atoms with Crippen molar-refractivity contribution in [2.24, 2.45) is 17.3 Å². The van der Waals surface area contributed by atoms with Gasteiger partial charge in [-0.15, -0.1) is 0 Å². The number of hydrogen-bond donors (Lipinski definition) is 0. The molecule has 0 unspecified atom stereocenters. The molecule has 0 aliphatic carbocycles. The molecule has 88 valence electrons. The second-order valence-electron chi connectivity index (χ2n) is 5.37. The van der Waals surface area contributed by atoms with Gasteiger partial charge in [0.15, 0.2) is 0 Å². The van der Waals surface area contributed by atoms with E-state index in [9.17, 15) is 5.26 Å². The monoisotopic (exact) mass is 210 g/mol. The number of nitrogens with zero attached hydrogens (tertiary/aromatic N) is 2. The molecule has 0 amide bonds. The molecule has 0 spiro atoms. The Morgan fingerprint density at radius 3 is 1.87 bits per heavy atom. The zero-order chi connectivity index (χ0) is 12.1. The van der Waals surface area contributed by atoms with Crippen LogP contribution in [0.1, 0.15) is 40.5 Å². The third kappa shape index (κ3) is 3.83. The smallest absolute Gasteiger partial charge is 0.0695 e. The molecule has 0 aromatic carbocycles. The van der Waals surface area contributed by atoms with Gasteiger partial charge in [-0.3, -0.25) is 0 Å². The van der Waals surface area contributed by atoms with Crippen LogP contribution < -0.4 is 0 Å². The molecule has 0 atom stereocenters. The lowest BCUT2D eigenvalue weighted by molar-refractivity contribution is 0.163. The van der Waals surface area contributed by atoms with Gasteiger partial charge in [-0.25, -0.2) is 0 Å². The summed E-state index contributed by atoms with van der Waals surface area (Å²) < 4.78 is 0. The quantitative estimate of drug-likeness (QED) is 0.673. The molecule has 0 saturated heterocycles. The highest BCUT2D eigenvalue weighted by Gasteiger charge is 2.36. The Bertz CT molecular complexity index is 203. The van der Waals surface area contributed by atoms with Gasteiger partial charge in [0.25, 0.3) is 0 Å². The van der Waals surface area contributed by atoms with Crippen molar-refractivity contribution in [3.05, 3.63) is 0 Å². The van der Waals surface area contributed by atoms with Crippen LogP contribution in [0.2, 0.25) is 0 Å². The van der Waals surface area contributed by atoms with Crippen LogP contribution in [0, 0.1) is 28.6 Å². The van der Waals surface area contributed by atoms with E-state index in [2.05, 4.69) is 52.8 Å². The Labute approximate surface area is 95.3 Å². The summed E-state index contributed by atoms with van der Waals surface area (Å²) in [6.07, 6.45) is 2.12. The highest BCUT2D eigenvalue weighted by atomic mass is 15.0. The summed E-state index contributed by atoms with van der Waals surface area (Å²) in [6, 6.07) is 2.57. The zero-order valence-electron chi connectivity index (χ0n) is 11.2. The summed E-state index contributed by atoms with van der Waals surface area (Å²) in [7, 11) is 4.16. The van der Waals surface area contributed by atoms with Gasteiger partial charge in [-0.05, 0) is 45.3 Å². The van der Waals surface area contributed by atoms with Crippen molar-refractivity contribution in [2.75, 3.05) is 20.6 Å². The molecule has 0 bridgehead atoms. The Balaban J connectivity index is 4.45. The van der Waals surface area contributed by atoms with E-state index in [4.69, 9.17) is 0 Å². The van der Waals surface area contributed by atoms with E-state index in [0.717, 1.165) is 19.4 Å². The van der Waals surface area contributed by atoms with Gasteiger partial charge in [0.1, 0.15) is 0 Å². The third-order valence-electron chi connectivity index (χ3n) is 3.46. The predicted molar refractivity (Wildman–Crippen MR) is 65.5 cm³/mol. The molecule has 0 aliphatic rings. The molecule has 0 saturated carbocycles. The minimum absolute atomic E-state index is 0.143. The van der Waals surface area contributed by atoms with Crippen molar-refractivity contribution in [2.45, 2.75) is 40.5 Å². The first-order valence-corrected chi connectivity index (χ1v) is 5.92. The highest BCUT2D eigenvalue weighted by molar-refractivity contribution is 5.02. The maximum Gasteiger partial charge on any atom is 0.0695 e. The number of nitriles is 1. The van der Waals surface area contributed by atoms with Crippen LogP contribution in [0.25, 0.3) is 0 Å². The van der Waals surface area contributed by atoms with E-state index in [1.165, 1.54) is 0 Å². The molecule has 0 N–H and O–H groups in total. The summed E-state index contributed by atoms with van der Waals surface area (Å²) in [5, 5.41) is 9.42. The fourth-order valence-corrected chi connectivity index (χ4v) is 2.25.